The van der Waals surface area contributed by atoms with Crippen molar-refractivity contribution in [2.75, 3.05) is 0 Å². The summed E-state index contributed by atoms with van der Waals surface area (Å²) in [5, 5.41) is 9.36. The van der Waals surface area contributed by atoms with E-state index in [-0.39, 0.29) is 10.6 Å². The molecule has 1 N–H and O–H groups in total. The zero-order valence-corrected chi connectivity index (χ0v) is 10.3. The lowest BCUT2D eigenvalue weighted by Crippen LogP contribution is -2.30. The van der Waals surface area contributed by atoms with Gasteiger partial charge in [0.1, 0.15) is 11.6 Å². The maximum absolute atomic E-state index is 11.6. The van der Waals surface area contributed by atoms with Crippen LogP contribution in [0.4, 0.5) is 0 Å². The van der Waals surface area contributed by atoms with Crippen molar-refractivity contribution in [3.63, 3.8) is 0 Å². The van der Waals surface area contributed by atoms with Gasteiger partial charge in [-0.15, -0.1) is 0 Å². The maximum atomic E-state index is 11.6. The summed E-state index contributed by atoms with van der Waals surface area (Å²) in [6.45, 7) is 0. The van der Waals surface area contributed by atoms with Crippen molar-refractivity contribution in [2.45, 2.75) is 0 Å². The molecule has 0 unspecified atom stereocenters. The molecule has 90 valence electrons. The minimum absolute atomic E-state index is 0.166. The third-order valence-electron chi connectivity index (χ3n) is 2.24. The SMILES string of the molecule is N#Cc1cn(-c2ccc(Cl)c(Cl)c2)c(=O)[nH]c1=O. The number of nitrogens with one attached hydrogen (secondary N) is 1. The van der Waals surface area contributed by atoms with Crippen LogP contribution in [0.3, 0.4) is 0 Å². The number of aromatic amines is 1. The second-order valence-electron chi connectivity index (χ2n) is 3.38. The molecule has 0 fully saturated rings. The van der Waals surface area contributed by atoms with Gasteiger partial charge in [-0.25, -0.2) is 4.79 Å². The lowest BCUT2D eigenvalue weighted by Gasteiger charge is -2.06. The Bertz CT molecular complexity index is 771. The zero-order valence-electron chi connectivity index (χ0n) is 8.78. The van der Waals surface area contributed by atoms with E-state index in [1.165, 1.54) is 12.1 Å². The summed E-state index contributed by atoms with van der Waals surface area (Å²) in [7, 11) is 0. The van der Waals surface area contributed by atoms with Crippen LogP contribution in [0, 0.1) is 11.3 Å². The Morgan fingerprint density at radius 2 is 1.94 bits per heavy atom. The number of aromatic nitrogens is 2. The van der Waals surface area contributed by atoms with Crippen LogP contribution in [0.25, 0.3) is 5.69 Å². The normalized spacial score (nSPS) is 10.1. The van der Waals surface area contributed by atoms with Crippen molar-refractivity contribution < 1.29 is 0 Å². The summed E-state index contributed by atoms with van der Waals surface area (Å²) in [5.74, 6) is 0. The summed E-state index contributed by atoms with van der Waals surface area (Å²) in [6, 6.07) is 6.23. The second-order valence-corrected chi connectivity index (χ2v) is 4.20. The number of halogens is 2. The molecule has 0 aliphatic carbocycles. The molecule has 0 saturated carbocycles. The van der Waals surface area contributed by atoms with Gasteiger partial charge in [0.2, 0.25) is 0 Å². The van der Waals surface area contributed by atoms with E-state index in [4.69, 9.17) is 28.5 Å². The standard InChI is InChI=1S/C11H5Cl2N3O2/c12-8-2-1-7(3-9(8)13)16-5-6(4-14)10(17)15-11(16)18/h1-3,5H,(H,15,17,18). The summed E-state index contributed by atoms with van der Waals surface area (Å²) >= 11 is 11.6. The first kappa shape index (κ1) is 12.4. The number of hydrogen-bond donors (Lipinski definition) is 1. The van der Waals surface area contributed by atoms with Gasteiger partial charge >= 0.3 is 5.69 Å². The summed E-state index contributed by atoms with van der Waals surface area (Å²) in [4.78, 5) is 24.9. The third-order valence-corrected chi connectivity index (χ3v) is 2.98. The second kappa shape index (κ2) is 4.69. The van der Waals surface area contributed by atoms with Crippen molar-refractivity contribution in [1.82, 2.24) is 9.55 Å². The molecule has 0 aliphatic heterocycles. The molecule has 0 atom stereocenters. The van der Waals surface area contributed by atoms with Gasteiger partial charge in [0.05, 0.1) is 15.7 Å². The van der Waals surface area contributed by atoms with E-state index in [2.05, 4.69) is 0 Å². The molecule has 18 heavy (non-hydrogen) atoms. The lowest BCUT2D eigenvalue weighted by atomic mass is 10.3. The first-order valence-electron chi connectivity index (χ1n) is 4.74. The molecular weight excluding hydrogens is 277 g/mol. The fourth-order valence-electron chi connectivity index (χ4n) is 1.38. The lowest BCUT2D eigenvalue weighted by molar-refractivity contribution is 0.889. The van der Waals surface area contributed by atoms with E-state index in [9.17, 15) is 9.59 Å². The topological polar surface area (TPSA) is 78.7 Å². The van der Waals surface area contributed by atoms with Crippen LogP contribution in [0.5, 0.6) is 0 Å². The Morgan fingerprint density at radius 3 is 2.56 bits per heavy atom. The molecule has 2 aromatic rings. The molecule has 1 aromatic carbocycles. The number of benzene rings is 1. The van der Waals surface area contributed by atoms with Crippen LogP contribution in [0.15, 0.2) is 34.0 Å². The van der Waals surface area contributed by atoms with E-state index >= 15 is 0 Å². The van der Waals surface area contributed by atoms with E-state index in [0.29, 0.717) is 10.7 Å². The fraction of sp³-hybridized carbons (Fsp3) is 0. The average Bonchev–Trinajstić information content (AvgIpc) is 2.33. The molecule has 0 spiro atoms. The number of nitrogens with zero attached hydrogens (tertiary/aromatic N) is 2. The van der Waals surface area contributed by atoms with Gasteiger partial charge < -0.3 is 0 Å². The Labute approximate surface area is 111 Å². The fourth-order valence-corrected chi connectivity index (χ4v) is 1.67. The molecule has 0 aliphatic rings. The van der Waals surface area contributed by atoms with Crippen molar-refractivity contribution in [3.8, 4) is 11.8 Å². The van der Waals surface area contributed by atoms with E-state index < -0.39 is 11.2 Å². The quantitative estimate of drug-likeness (QED) is 0.864. The average molecular weight is 282 g/mol. The molecule has 0 bridgehead atoms. The van der Waals surface area contributed by atoms with E-state index in [1.807, 2.05) is 4.98 Å². The summed E-state index contributed by atoms with van der Waals surface area (Å²) < 4.78 is 1.11. The number of hydrogen-bond acceptors (Lipinski definition) is 3. The third kappa shape index (κ3) is 2.16. The smallest absolute Gasteiger partial charge is 0.273 e. The Balaban J connectivity index is 2.72. The monoisotopic (exact) mass is 281 g/mol. The van der Waals surface area contributed by atoms with Crippen molar-refractivity contribution in [1.29, 1.82) is 5.26 Å². The summed E-state index contributed by atoms with van der Waals surface area (Å²) in [5.41, 5.74) is -1.14. The van der Waals surface area contributed by atoms with Gasteiger partial charge in [0.25, 0.3) is 5.56 Å². The molecule has 0 amide bonds. The highest BCUT2D eigenvalue weighted by Crippen LogP contribution is 2.23. The molecular formula is C11H5Cl2N3O2. The Kier molecular flexibility index (Phi) is 3.24. The van der Waals surface area contributed by atoms with Crippen LogP contribution in [-0.4, -0.2) is 9.55 Å². The van der Waals surface area contributed by atoms with Crippen LogP contribution in [0.1, 0.15) is 5.56 Å². The minimum atomic E-state index is -0.723. The molecule has 7 heteroatoms. The largest absolute Gasteiger partial charge is 0.332 e. The van der Waals surface area contributed by atoms with Crippen molar-refractivity contribution in [3.05, 3.63) is 60.8 Å². The van der Waals surface area contributed by atoms with Crippen LogP contribution >= 0.6 is 23.2 Å². The minimum Gasteiger partial charge on any atom is -0.273 e. The van der Waals surface area contributed by atoms with Gasteiger partial charge in [-0.1, -0.05) is 23.2 Å². The zero-order chi connectivity index (χ0) is 13.3. The van der Waals surface area contributed by atoms with Crippen molar-refractivity contribution >= 4 is 23.2 Å². The number of nitriles is 1. The molecule has 0 saturated heterocycles. The van der Waals surface area contributed by atoms with Crippen LogP contribution in [0.2, 0.25) is 10.0 Å². The maximum Gasteiger partial charge on any atom is 0.332 e. The van der Waals surface area contributed by atoms with Crippen LogP contribution in [-0.2, 0) is 0 Å². The number of H-pyrrole nitrogens is 1. The highest BCUT2D eigenvalue weighted by molar-refractivity contribution is 6.42. The van der Waals surface area contributed by atoms with Crippen molar-refractivity contribution in [2.24, 2.45) is 0 Å². The first-order chi connectivity index (χ1) is 8.52. The number of rotatable bonds is 1. The van der Waals surface area contributed by atoms with Gasteiger partial charge in [0.15, 0.2) is 0 Å². The van der Waals surface area contributed by atoms with E-state index in [1.54, 1.807) is 12.1 Å². The highest BCUT2D eigenvalue weighted by atomic mass is 35.5. The van der Waals surface area contributed by atoms with Gasteiger partial charge in [0, 0.05) is 6.20 Å². The summed E-state index contributed by atoms with van der Waals surface area (Å²) in [6.07, 6.45) is 1.15. The molecule has 0 radical (unpaired) electrons. The molecule has 1 aromatic heterocycles. The first-order valence-corrected chi connectivity index (χ1v) is 5.50. The van der Waals surface area contributed by atoms with Gasteiger partial charge in [-0.3, -0.25) is 14.3 Å². The van der Waals surface area contributed by atoms with Gasteiger partial charge in [-0.2, -0.15) is 5.26 Å². The van der Waals surface area contributed by atoms with E-state index in [0.717, 1.165) is 10.8 Å². The predicted molar refractivity (Wildman–Crippen MR) is 67.4 cm³/mol. The predicted octanol–water partition coefficient (Wildman–Crippen LogP) is 1.70. The molecule has 5 nitrogen and oxygen atoms in total. The Morgan fingerprint density at radius 1 is 1.22 bits per heavy atom. The molecule has 1 heterocycles. The van der Waals surface area contributed by atoms with Gasteiger partial charge in [-0.05, 0) is 18.2 Å². The Hall–Kier alpha value is -2.03. The molecule has 2 rings (SSSR count). The highest BCUT2D eigenvalue weighted by Gasteiger charge is 2.07. The van der Waals surface area contributed by atoms with Crippen LogP contribution < -0.4 is 11.2 Å².